The summed E-state index contributed by atoms with van der Waals surface area (Å²) in [6.45, 7) is 1.94. The second kappa shape index (κ2) is 19.1. The van der Waals surface area contributed by atoms with Crippen molar-refractivity contribution < 1.29 is 34.4 Å². The first-order chi connectivity index (χ1) is 12.1. The quantitative estimate of drug-likeness (QED) is 0.228. The van der Waals surface area contributed by atoms with Gasteiger partial charge in [0, 0.05) is 48.4 Å². The Bertz CT molecular complexity index is 673. The van der Waals surface area contributed by atoms with Gasteiger partial charge in [-0.2, -0.15) is 0 Å². The molecule has 0 heterocycles. The SMILES string of the molecule is CC(=O)[O-].CC(=O)[O-].COC1=CC=C=C[CH]1.O=C([O-])c1ccccc1I.[Pb]. The van der Waals surface area contributed by atoms with Gasteiger partial charge >= 0.3 is 0 Å². The van der Waals surface area contributed by atoms with Crippen LogP contribution in [0.2, 0.25) is 0 Å². The minimum absolute atomic E-state index is 0. The molecule has 1 aliphatic carbocycles. The Labute approximate surface area is 191 Å². The van der Waals surface area contributed by atoms with Crippen LogP contribution < -0.4 is 15.3 Å². The smallest absolute Gasteiger partial charge is 0.105 e. The number of allylic oxidation sites excluding steroid dienone is 2. The zero-order valence-electron chi connectivity index (χ0n) is 14.9. The van der Waals surface area contributed by atoms with E-state index in [4.69, 9.17) is 24.5 Å². The van der Waals surface area contributed by atoms with E-state index in [2.05, 4.69) is 5.73 Å². The van der Waals surface area contributed by atoms with E-state index in [1.54, 1.807) is 25.3 Å². The van der Waals surface area contributed by atoms with E-state index < -0.39 is 17.9 Å². The van der Waals surface area contributed by atoms with Gasteiger partial charge < -0.3 is 34.4 Å². The summed E-state index contributed by atoms with van der Waals surface area (Å²) in [6, 6.07) is 6.71. The van der Waals surface area contributed by atoms with Gasteiger partial charge in [-0.15, -0.1) is 5.73 Å². The molecule has 0 aliphatic heterocycles. The monoisotopic (exact) mass is 680 g/mol. The summed E-state index contributed by atoms with van der Waals surface area (Å²) in [7, 11) is 1.65. The van der Waals surface area contributed by atoms with Gasteiger partial charge in [0.25, 0.3) is 0 Å². The van der Waals surface area contributed by atoms with E-state index in [0.29, 0.717) is 3.57 Å². The third kappa shape index (κ3) is 22.3. The van der Waals surface area contributed by atoms with Crippen LogP contribution in [0.1, 0.15) is 24.2 Å². The summed E-state index contributed by atoms with van der Waals surface area (Å²) in [6.07, 6.45) is 7.36. The first kappa shape index (κ1) is 30.1. The molecule has 0 amide bonds. The zero-order chi connectivity index (χ0) is 20.5. The largest absolute Gasteiger partial charge is 0.550 e. The van der Waals surface area contributed by atoms with E-state index in [9.17, 15) is 9.90 Å². The molecule has 0 aromatic heterocycles. The molecule has 0 unspecified atom stereocenters. The number of aromatic carboxylic acids is 1. The number of rotatable bonds is 2. The van der Waals surface area contributed by atoms with Gasteiger partial charge in [-0.1, -0.05) is 18.2 Å². The van der Waals surface area contributed by atoms with Crippen LogP contribution in [-0.4, -0.2) is 52.3 Å². The molecule has 0 fully saturated rings. The zero-order valence-corrected chi connectivity index (χ0v) is 20.9. The minimum atomic E-state index is -1.12. The summed E-state index contributed by atoms with van der Waals surface area (Å²) in [5.41, 5.74) is 3.14. The Kier molecular flexibility index (Phi) is 21.3. The number of ether oxygens (including phenoxy) is 1. The van der Waals surface area contributed by atoms with Gasteiger partial charge in [0.1, 0.15) is 5.76 Å². The molecule has 1 aliphatic rings. The summed E-state index contributed by atoms with van der Waals surface area (Å²) in [5, 5.41) is 28.1. The van der Waals surface area contributed by atoms with Crippen molar-refractivity contribution in [2.45, 2.75) is 13.8 Å². The maximum Gasteiger partial charge on any atom is 0.105 e. The number of aliphatic carboxylic acids is 2. The Morgan fingerprint density at radius 3 is 1.74 bits per heavy atom. The number of carboxylic acid groups (broad SMARTS) is 3. The van der Waals surface area contributed by atoms with E-state index in [0.717, 1.165) is 19.6 Å². The molecular formula is C18H17IO7Pb-3. The Hall–Kier alpha value is -1.66. The number of halogens is 1. The van der Waals surface area contributed by atoms with Gasteiger partial charge in [0.05, 0.1) is 19.5 Å². The fourth-order valence-corrected chi connectivity index (χ4v) is 1.74. The average molecular weight is 679 g/mol. The van der Waals surface area contributed by atoms with Crippen molar-refractivity contribution in [1.82, 2.24) is 0 Å². The van der Waals surface area contributed by atoms with E-state index >= 15 is 0 Å². The number of hydrogen-bond donors (Lipinski definition) is 0. The molecule has 0 spiro atoms. The molecule has 2 rings (SSSR count). The summed E-state index contributed by atoms with van der Waals surface area (Å²) >= 11 is 1.95. The summed E-state index contributed by atoms with van der Waals surface area (Å²) in [4.78, 5) is 28.1. The maximum atomic E-state index is 10.3. The second-order valence-electron chi connectivity index (χ2n) is 4.19. The standard InChI is InChI=1S/C7H5IO2.C7H7O.2C2H4O2.Pb/c8-6-4-2-1-3-5(6)7(9)10;1-8-7-5-3-2-4-6-7;2*1-2(3)4;/h1-4H,(H,9,10);3-6H,1H3;2*1H3,(H,3,4);/p-3. The topological polar surface area (TPSA) is 130 Å². The van der Waals surface area contributed by atoms with E-state index in [-0.39, 0.29) is 32.9 Å². The summed E-state index contributed by atoms with van der Waals surface area (Å²) in [5.74, 6) is -2.41. The molecule has 0 N–H and O–H groups in total. The van der Waals surface area contributed by atoms with Crippen molar-refractivity contribution in [3.63, 3.8) is 0 Å². The fourth-order valence-electron chi connectivity index (χ4n) is 1.13. The molecule has 1 aromatic carbocycles. The molecule has 0 atom stereocenters. The van der Waals surface area contributed by atoms with Crippen molar-refractivity contribution in [3.8, 4) is 0 Å². The van der Waals surface area contributed by atoms with Gasteiger partial charge in [0.15, 0.2) is 0 Å². The average Bonchev–Trinajstić information content (AvgIpc) is 2.55. The van der Waals surface area contributed by atoms with Crippen LogP contribution in [-0.2, 0) is 14.3 Å². The van der Waals surface area contributed by atoms with Crippen molar-refractivity contribution >= 4 is 67.8 Å². The Morgan fingerprint density at radius 1 is 1.00 bits per heavy atom. The fraction of sp³-hybridized carbons (Fsp3) is 0.167. The third-order valence-electron chi connectivity index (χ3n) is 2.02. The van der Waals surface area contributed by atoms with E-state index in [1.807, 2.05) is 47.2 Å². The molecule has 0 saturated heterocycles. The first-order valence-electron chi connectivity index (χ1n) is 6.92. The van der Waals surface area contributed by atoms with Crippen molar-refractivity contribution in [1.29, 1.82) is 0 Å². The molecule has 7 nitrogen and oxygen atoms in total. The normalized spacial score (nSPS) is 10.0. The van der Waals surface area contributed by atoms with Crippen LogP contribution in [0.3, 0.4) is 0 Å². The number of hydrogen-bond acceptors (Lipinski definition) is 7. The van der Waals surface area contributed by atoms with Crippen LogP contribution in [0.4, 0.5) is 0 Å². The number of carboxylic acids is 3. The predicted octanol–water partition coefficient (Wildman–Crippen LogP) is -0.768. The number of carbonyl (C=O) groups is 3. The predicted molar refractivity (Wildman–Crippen MR) is 103 cm³/mol. The van der Waals surface area contributed by atoms with Crippen LogP contribution in [0.5, 0.6) is 0 Å². The van der Waals surface area contributed by atoms with Crippen LogP contribution >= 0.6 is 22.6 Å². The van der Waals surface area contributed by atoms with Gasteiger partial charge in [-0.3, -0.25) is 0 Å². The molecule has 9 heteroatoms. The Balaban J connectivity index is -0.000000305. The maximum absolute atomic E-state index is 10.3. The van der Waals surface area contributed by atoms with Crippen molar-refractivity contribution in [2.24, 2.45) is 0 Å². The van der Waals surface area contributed by atoms with Crippen molar-refractivity contribution in [3.05, 3.63) is 69.5 Å². The molecule has 0 saturated carbocycles. The minimum Gasteiger partial charge on any atom is -0.550 e. The first-order valence-corrected chi connectivity index (χ1v) is 8.00. The Morgan fingerprint density at radius 2 is 1.48 bits per heavy atom. The molecule has 1 aromatic rings. The molecular weight excluding hydrogens is 662 g/mol. The summed E-state index contributed by atoms with van der Waals surface area (Å²) < 4.78 is 5.60. The van der Waals surface area contributed by atoms with Crippen LogP contribution in [0.25, 0.3) is 0 Å². The van der Waals surface area contributed by atoms with Gasteiger partial charge in [0.2, 0.25) is 0 Å². The van der Waals surface area contributed by atoms with E-state index in [1.165, 1.54) is 6.07 Å². The molecule has 145 valence electrons. The van der Waals surface area contributed by atoms with Crippen molar-refractivity contribution in [2.75, 3.05) is 7.11 Å². The van der Waals surface area contributed by atoms with Gasteiger partial charge in [-0.25, -0.2) is 0 Å². The molecule has 0 bridgehead atoms. The van der Waals surface area contributed by atoms with Crippen LogP contribution in [0.15, 0.2) is 54.0 Å². The third-order valence-corrected chi connectivity index (χ3v) is 2.96. The number of benzene rings is 1. The number of carbonyl (C=O) groups excluding carboxylic acids is 3. The molecule has 27 heavy (non-hydrogen) atoms. The molecule has 5 radical (unpaired) electrons. The van der Waals surface area contributed by atoms with Gasteiger partial charge in [-0.05, 0) is 60.7 Å². The number of methoxy groups -OCH3 is 1. The second-order valence-corrected chi connectivity index (χ2v) is 5.35. The van der Waals surface area contributed by atoms with Crippen LogP contribution in [0, 0.1) is 9.99 Å².